The molecule has 0 rings (SSSR count). The van der Waals surface area contributed by atoms with E-state index in [2.05, 4.69) is 148 Å². The molecular weight excluding hydrogens is 983 g/mol. The van der Waals surface area contributed by atoms with Gasteiger partial charge in [-0.2, -0.15) is 0 Å². The Hall–Kier alpha value is -4.57. The third-order valence-electron chi connectivity index (χ3n) is 12.9. The van der Waals surface area contributed by atoms with Gasteiger partial charge in [-0.15, -0.1) is 0 Å². The molecule has 448 valence electrons. The van der Waals surface area contributed by atoms with Crippen LogP contribution in [0.15, 0.2) is 134 Å². The first-order valence-electron chi connectivity index (χ1n) is 31.3. The maximum Gasteiger partial charge on any atom is 0.361 e. The Balaban J connectivity index is 4.22. The van der Waals surface area contributed by atoms with E-state index in [-0.39, 0.29) is 38.6 Å². The van der Waals surface area contributed by atoms with Crippen molar-refractivity contribution >= 4 is 17.9 Å². The van der Waals surface area contributed by atoms with Crippen molar-refractivity contribution in [2.24, 2.45) is 0 Å². The fourth-order valence-corrected chi connectivity index (χ4v) is 8.16. The minimum absolute atomic E-state index is 0.179. The second-order valence-corrected chi connectivity index (χ2v) is 21.6. The number of nitrogens with zero attached hydrogens (tertiary/aromatic N) is 1. The van der Waals surface area contributed by atoms with Gasteiger partial charge in [0.25, 0.3) is 6.29 Å². The van der Waals surface area contributed by atoms with Gasteiger partial charge in [-0.3, -0.25) is 9.59 Å². The van der Waals surface area contributed by atoms with Gasteiger partial charge in [0, 0.05) is 12.8 Å². The van der Waals surface area contributed by atoms with Crippen LogP contribution in [0.1, 0.15) is 232 Å². The lowest BCUT2D eigenvalue weighted by molar-refractivity contribution is -0.870. The number of hydrogen-bond acceptors (Lipinski definition) is 7. The summed E-state index contributed by atoms with van der Waals surface area (Å²) in [5.41, 5.74) is 0. The Bertz CT molecular complexity index is 1750. The van der Waals surface area contributed by atoms with Gasteiger partial charge in [-0.05, 0) is 109 Å². The van der Waals surface area contributed by atoms with Crippen molar-refractivity contribution < 1.29 is 42.9 Å². The topological polar surface area (TPSA) is 108 Å². The molecule has 0 saturated carbocycles. The molecule has 0 aliphatic heterocycles. The second-order valence-electron chi connectivity index (χ2n) is 21.6. The summed E-state index contributed by atoms with van der Waals surface area (Å²) < 4.78 is 22.9. The van der Waals surface area contributed by atoms with Crippen LogP contribution in [0.3, 0.4) is 0 Å². The number of ether oxygens (including phenoxy) is 4. The van der Waals surface area contributed by atoms with Gasteiger partial charge in [0.1, 0.15) is 13.2 Å². The third kappa shape index (κ3) is 60.9. The smallest absolute Gasteiger partial charge is 0.361 e. The number of unbranched alkanes of at least 4 members (excludes halogenated alkanes) is 19. The molecule has 0 aliphatic carbocycles. The number of carbonyl (C=O) groups is 3. The molecule has 0 spiro atoms. The molecule has 0 bridgehead atoms. The Morgan fingerprint density at radius 1 is 0.380 bits per heavy atom. The summed E-state index contributed by atoms with van der Waals surface area (Å²) in [6, 6.07) is 0. The van der Waals surface area contributed by atoms with E-state index in [0.717, 1.165) is 128 Å². The summed E-state index contributed by atoms with van der Waals surface area (Å²) >= 11 is 0. The van der Waals surface area contributed by atoms with E-state index in [1.165, 1.54) is 70.6 Å². The minimum Gasteiger partial charge on any atom is -0.477 e. The molecule has 0 aliphatic rings. The molecule has 2 unspecified atom stereocenters. The second kappa shape index (κ2) is 59.5. The zero-order chi connectivity index (χ0) is 57.6. The molecule has 79 heavy (non-hydrogen) atoms. The summed E-state index contributed by atoms with van der Waals surface area (Å²) in [6.45, 7) is 4.63. The predicted octanol–water partition coefficient (Wildman–Crippen LogP) is 19.0. The molecular formula is C70H116NO8+. The average molecular weight is 1100 g/mol. The van der Waals surface area contributed by atoms with E-state index in [1.54, 1.807) is 0 Å². The monoisotopic (exact) mass is 1100 g/mol. The van der Waals surface area contributed by atoms with Crippen LogP contribution < -0.4 is 0 Å². The Kier molecular flexibility index (Phi) is 56.1. The summed E-state index contributed by atoms with van der Waals surface area (Å²) in [7, 11) is 5.96. The maximum atomic E-state index is 12.9. The van der Waals surface area contributed by atoms with Crippen LogP contribution in [0.25, 0.3) is 0 Å². The molecule has 0 saturated heterocycles. The molecule has 0 heterocycles. The Morgan fingerprint density at radius 3 is 1.01 bits per heavy atom. The van der Waals surface area contributed by atoms with Gasteiger partial charge in [-0.25, -0.2) is 4.79 Å². The first kappa shape index (κ1) is 74.4. The lowest BCUT2D eigenvalue weighted by Gasteiger charge is -2.25. The highest BCUT2D eigenvalue weighted by Crippen LogP contribution is 2.15. The summed E-state index contributed by atoms with van der Waals surface area (Å²) in [6.07, 6.45) is 82.5. The molecule has 0 aromatic heterocycles. The van der Waals surface area contributed by atoms with E-state index < -0.39 is 24.3 Å². The molecule has 0 aromatic carbocycles. The van der Waals surface area contributed by atoms with E-state index in [1.807, 2.05) is 21.1 Å². The third-order valence-corrected chi connectivity index (χ3v) is 12.9. The number of likely N-dealkylation sites (N-methyl/N-ethyl adjacent to an activating group) is 1. The van der Waals surface area contributed by atoms with Gasteiger partial charge in [0.05, 0.1) is 34.4 Å². The molecule has 1 N–H and O–H groups in total. The van der Waals surface area contributed by atoms with E-state index >= 15 is 0 Å². The van der Waals surface area contributed by atoms with Crippen molar-refractivity contribution in [3.63, 3.8) is 0 Å². The van der Waals surface area contributed by atoms with Gasteiger partial charge >= 0.3 is 17.9 Å². The molecule has 0 fully saturated rings. The molecule has 2 atom stereocenters. The van der Waals surface area contributed by atoms with Gasteiger partial charge in [-0.1, -0.05) is 244 Å². The number of allylic oxidation sites excluding steroid dienone is 22. The number of quaternary nitrogens is 1. The summed E-state index contributed by atoms with van der Waals surface area (Å²) in [5.74, 6) is -2.03. The highest BCUT2D eigenvalue weighted by atomic mass is 16.7. The minimum atomic E-state index is -1.52. The van der Waals surface area contributed by atoms with Crippen molar-refractivity contribution in [3.05, 3.63) is 134 Å². The van der Waals surface area contributed by atoms with Crippen LogP contribution in [-0.2, 0) is 33.3 Å². The normalized spacial score (nSPS) is 13.7. The van der Waals surface area contributed by atoms with Crippen molar-refractivity contribution in [1.29, 1.82) is 0 Å². The zero-order valence-corrected chi connectivity index (χ0v) is 51.0. The molecule has 0 amide bonds. The number of esters is 2. The van der Waals surface area contributed by atoms with Gasteiger partial charge in [0.15, 0.2) is 6.10 Å². The molecule has 9 nitrogen and oxygen atoms in total. The van der Waals surface area contributed by atoms with Crippen LogP contribution in [0, 0.1) is 0 Å². The average Bonchev–Trinajstić information content (AvgIpc) is 3.42. The van der Waals surface area contributed by atoms with Crippen molar-refractivity contribution in [1.82, 2.24) is 0 Å². The van der Waals surface area contributed by atoms with E-state index in [0.29, 0.717) is 17.4 Å². The zero-order valence-electron chi connectivity index (χ0n) is 51.0. The quantitative estimate of drug-likeness (QED) is 0.0211. The number of aliphatic carboxylic acids is 1. The lowest BCUT2D eigenvalue weighted by Crippen LogP contribution is -2.40. The number of carbonyl (C=O) groups excluding carboxylic acids is 2. The highest BCUT2D eigenvalue weighted by molar-refractivity contribution is 5.71. The van der Waals surface area contributed by atoms with Crippen LogP contribution >= 0.6 is 0 Å². The van der Waals surface area contributed by atoms with Crippen molar-refractivity contribution in [3.8, 4) is 0 Å². The van der Waals surface area contributed by atoms with Crippen molar-refractivity contribution in [2.45, 2.75) is 245 Å². The van der Waals surface area contributed by atoms with Gasteiger partial charge in [0.2, 0.25) is 0 Å². The number of rotatable bonds is 56. The largest absolute Gasteiger partial charge is 0.477 e. The number of carboxylic acid groups (broad SMARTS) is 1. The Morgan fingerprint density at radius 2 is 0.684 bits per heavy atom. The number of carboxylic acids is 1. The summed E-state index contributed by atoms with van der Waals surface area (Å²) in [4.78, 5) is 37.5. The molecule has 9 heteroatoms. The van der Waals surface area contributed by atoms with Crippen LogP contribution in [-0.4, -0.2) is 87.4 Å². The summed E-state index contributed by atoms with van der Waals surface area (Å²) in [5, 5.41) is 9.72. The van der Waals surface area contributed by atoms with Crippen molar-refractivity contribution in [2.75, 3.05) is 47.5 Å². The van der Waals surface area contributed by atoms with E-state index in [4.69, 9.17) is 18.9 Å². The standard InChI is InChI=1S/C70H115NO8/c1-6-8-10-12-14-16-18-20-22-24-26-28-29-30-31-32-33-34-35-36-37-38-39-41-43-45-47-49-51-53-55-57-59-61-68(73)79-66(65-78-70(69(74)75)76-63-62-71(3,4)5)64-77-67(72)60-58-56-54-52-50-48-46-44-42-40-27-25-23-21-19-17-15-13-11-9-7-2/h8-11,14-17,20-23,26-28,30-31,33-34,36-37,40,66,70H,6-7,12-13,18-19,24-25,29,32,35,38-39,41-65H2,1-5H3/p+1/b10-8-,11-9-,16-14-,17-15-,22-20-,23-21-,28-26-,31-30-,34-33-,37-36-,40-27-. The fourth-order valence-electron chi connectivity index (χ4n) is 8.16. The SMILES string of the molecule is CC/C=C\C/C=C\C/C=C\C/C=C\C/C=C\C/C=C\C/C=C\CCCCCCCCCCCCCC(=O)OC(COC(=O)CCCCCCCCCC/C=C\C/C=C\C/C=C\C/C=C\CC)COC(OCC[N+](C)(C)C)C(=O)O. The van der Waals surface area contributed by atoms with Gasteiger partial charge < -0.3 is 28.5 Å². The fraction of sp³-hybridized carbons (Fsp3) is 0.643. The maximum absolute atomic E-state index is 12.9. The van der Waals surface area contributed by atoms with Crippen LogP contribution in [0.5, 0.6) is 0 Å². The first-order valence-corrected chi connectivity index (χ1v) is 31.3. The number of hydrogen-bond donors (Lipinski definition) is 1. The van der Waals surface area contributed by atoms with Crippen LogP contribution in [0.4, 0.5) is 0 Å². The van der Waals surface area contributed by atoms with Crippen LogP contribution in [0.2, 0.25) is 0 Å². The first-order chi connectivity index (χ1) is 38.6. The predicted molar refractivity (Wildman–Crippen MR) is 336 cm³/mol. The highest BCUT2D eigenvalue weighted by Gasteiger charge is 2.25. The Labute approximate surface area is 484 Å². The molecule has 0 aromatic rings. The van der Waals surface area contributed by atoms with E-state index in [9.17, 15) is 19.5 Å². The molecule has 0 radical (unpaired) electrons. The lowest BCUT2D eigenvalue weighted by atomic mass is 10.0.